The molecule has 0 saturated heterocycles. The van der Waals surface area contributed by atoms with E-state index in [0.29, 0.717) is 6.04 Å². The average molecular weight is 202 g/mol. The number of aliphatic hydroxyl groups is 1. The van der Waals surface area contributed by atoms with E-state index in [0.717, 1.165) is 26.1 Å². The Bertz CT molecular complexity index is 137. The van der Waals surface area contributed by atoms with Crippen LogP contribution in [-0.4, -0.2) is 60.8 Å². The summed E-state index contributed by atoms with van der Waals surface area (Å²) in [7, 11) is 4.19. The summed E-state index contributed by atoms with van der Waals surface area (Å²) in [5.74, 6) is 0. The van der Waals surface area contributed by atoms with Crippen molar-refractivity contribution in [3.8, 4) is 0 Å². The van der Waals surface area contributed by atoms with Crippen molar-refractivity contribution in [2.45, 2.75) is 39.3 Å². The molecular weight excluding hydrogens is 176 g/mol. The van der Waals surface area contributed by atoms with Crippen LogP contribution in [0, 0.1) is 0 Å². The van der Waals surface area contributed by atoms with Gasteiger partial charge in [0.05, 0.1) is 6.10 Å². The first-order chi connectivity index (χ1) is 6.47. The van der Waals surface area contributed by atoms with Crippen molar-refractivity contribution in [2.24, 2.45) is 0 Å². The molecule has 2 unspecified atom stereocenters. The van der Waals surface area contributed by atoms with E-state index in [1.807, 2.05) is 6.92 Å². The summed E-state index contributed by atoms with van der Waals surface area (Å²) in [4.78, 5) is 4.61. The molecule has 0 radical (unpaired) electrons. The first-order valence-corrected chi connectivity index (χ1v) is 5.54. The summed E-state index contributed by atoms with van der Waals surface area (Å²) in [6, 6.07) is 0.564. The molecule has 0 saturated carbocycles. The van der Waals surface area contributed by atoms with Gasteiger partial charge in [-0.2, -0.15) is 0 Å². The fraction of sp³-hybridized carbons (Fsp3) is 1.00. The Hall–Kier alpha value is -0.120. The van der Waals surface area contributed by atoms with Crippen LogP contribution in [0.15, 0.2) is 0 Å². The third-order valence-electron chi connectivity index (χ3n) is 2.49. The van der Waals surface area contributed by atoms with Crippen molar-refractivity contribution in [3.63, 3.8) is 0 Å². The highest BCUT2D eigenvalue weighted by Gasteiger charge is 2.12. The standard InChI is InChI=1S/C11H26N2O/c1-6-13(8-7-11(3)14)10(2)9-12(4)5/h10-11,14H,6-9H2,1-5H3. The largest absolute Gasteiger partial charge is 0.393 e. The molecule has 0 rings (SSSR count). The molecule has 0 aromatic rings. The van der Waals surface area contributed by atoms with Gasteiger partial charge in [0, 0.05) is 19.1 Å². The number of likely N-dealkylation sites (N-methyl/N-ethyl adjacent to an activating group) is 2. The lowest BCUT2D eigenvalue weighted by Gasteiger charge is -2.30. The molecule has 3 heteroatoms. The van der Waals surface area contributed by atoms with Gasteiger partial charge in [-0.15, -0.1) is 0 Å². The second-order valence-electron chi connectivity index (χ2n) is 4.38. The Balaban J connectivity index is 3.86. The van der Waals surface area contributed by atoms with Crippen molar-refractivity contribution < 1.29 is 5.11 Å². The minimum Gasteiger partial charge on any atom is -0.393 e. The van der Waals surface area contributed by atoms with Crippen molar-refractivity contribution in [2.75, 3.05) is 33.7 Å². The van der Waals surface area contributed by atoms with E-state index in [9.17, 15) is 5.11 Å². The Kier molecular flexibility index (Phi) is 7.15. The molecule has 86 valence electrons. The van der Waals surface area contributed by atoms with Crippen LogP contribution in [-0.2, 0) is 0 Å². The summed E-state index contributed by atoms with van der Waals surface area (Å²) in [5.41, 5.74) is 0. The summed E-state index contributed by atoms with van der Waals surface area (Å²) in [5, 5.41) is 9.22. The fourth-order valence-corrected chi connectivity index (χ4v) is 1.69. The smallest absolute Gasteiger partial charge is 0.0524 e. The van der Waals surface area contributed by atoms with Gasteiger partial charge in [-0.25, -0.2) is 0 Å². The SMILES string of the molecule is CCN(CCC(C)O)C(C)CN(C)C. The summed E-state index contributed by atoms with van der Waals surface area (Å²) >= 11 is 0. The molecule has 1 N–H and O–H groups in total. The number of nitrogens with zero attached hydrogens (tertiary/aromatic N) is 2. The highest BCUT2D eigenvalue weighted by atomic mass is 16.3. The number of hydrogen-bond donors (Lipinski definition) is 1. The highest BCUT2D eigenvalue weighted by Crippen LogP contribution is 2.03. The quantitative estimate of drug-likeness (QED) is 0.668. The van der Waals surface area contributed by atoms with E-state index in [1.165, 1.54) is 0 Å². The molecule has 0 aliphatic carbocycles. The first kappa shape index (κ1) is 13.9. The van der Waals surface area contributed by atoms with Crippen LogP contribution in [0.2, 0.25) is 0 Å². The summed E-state index contributed by atoms with van der Waals surface area (Å²) < 4.78 is 0. The van der Waals surface area contributed by atoms with Gasteiger partial charge >= 0.3 is 0 Å². The van der Waals surface area contributed by atoms with Crippen molar-refractivity contribution in [3.05, 3.63) is 0 Å². The molecular formula is C11H26N2O. The van der Waals surface area contributed by atoms with E-state index in [2.05, 4.69) is 37.7 Å². The van der Waals surface area contributed by atoms with Crippen LogP contribution in [0.1, 0.15) is 27.2 Å². The Morgan fingerprint density at radius 1 is 1.21 bits per heavy atom. The Morgan fingerprint density at radius 2 is 1.79 bits per heavy atom. The van der Waals surface area contributed by atoms with E-state index in [4.69, 9.17) is 0 Å². The van der Waals surface area contributed by atoms with Gasteiger partial charge in [-0.1, -0.05) is 6.92 Å². The van der Waals surface area contributed by atoms with Crippen LogP contribution in [0.5, 0.6) is 0 Å². The van der Waals surface area contributed by atoms with Gasteiger partial charge in [0.25, 0.3) is 0 Å². The molecule has 14 heavy (non-hydrogen) atoms. The molecule has 3 nitrogen and oxygen atoms in total. The maximum absolute atomic E-state index is 9.22. The molecule has 0 spiro atoms. The molecule has 2 atom stereocenters. The minimum absolute atomic E-state index is 0.185. The van der Waals surface area contributed by atoms with Crippen LogP contribution >= 0.6 is 0 Å². The second kappa shape index (κ2) is 7.21. The van der Waals surface area contributed by atoms with E-state index >= 15 is 0 Å². The van der Waals surface area contributed by atoms with Gasteiger partial charge < -0.3 is 10.0 Å². The fourth-order valence-electron chi connectivity index (χ4n) is 1.69. The Labute approximate surface area is 88.7 Å². The number of hydrogen-bond acceptors (Lipinski definition) is 3. The number of rotatable bonds is 7. The predicted molar refractivity (Wildman–Crippen MR) is 61.6 cm³/mol. The average Bonchev–Trinajstić information content (AvgIpc) is 2.03. The minimum atomic E-state index is -0.185. The maximum atomic E-state index is 9.22. The molecule has 0 aromatic heterocycles. The first-order valence-electron chi connectivity index (χ1n) is 5.54. The predicted octanol–water partition coefficient (Wildman–Crippen LogP) is 1.03. The Morgan fingerprint density at radius 3 is 2.14 bits per heavy atom. The third-order valence-corrected chi connectivity index (χ3v) is 2.49. The van der Waals surface area contributed by atoms with Crippen LogP contribution in [0.25, 0.3) is 0 Å². The van der Waals surface area contributed by atoms with Gasteiger partial charge in [-0.3, -0.25) is 4.90 Å². The third kappa shape index (κ3) is 6.35. The topological polar surface area (TPSA) is 26.7 Å². The monoisotopic (exact) mass is 202 g/mol. The van der Waals surface area contributed by atoms with Crippen molar-refractivity contribution in [1.29, 1.82) is 0 Å². The molecule has 0 amide bonds. The van der Waals surface area contributed by atoms with E-state index in [1.54, 1.807) is 0 Å². The lowest BCUT2D eigenvalue weighted by molar-refractivity contribution is 0.131. The summed E-state index contributed by atoms with van der Waals surface area (Å²) in [6.45, 7) is 9.39. The molecule has 0 fully saturated rings. The highest BCUT2D eigenvalue weighted by molar-refractivity contribution is 4.69. The zero-order valence-corrected chi connectivity index (χ0v) is 10.3. The van der Waals surface area contributed by atoms with Gasteiger partial charge in [0.1, 0.15) is 0 Å². The normalized spacial score (nSPS) is 16.3. The molecule has 0 aliphatic rings. The maximum Gasteiger partial charge on any atom is 0.0524 e. The van der Waals surface area contributed by atoms with Gasteiger partial charge in [0.2, 0.25) is 0 Å². The zero-order valence-electron chi connectivity index (χ0n) is 10.3. The van der Waals surface area contributed by atoms with Gasteiger partial charge in [-0.05, 0) is 40.9 Å². The molecule has 0 bridgehead atoms. The van der Waals surface area contributed by atoms with Gasteiger partial charge in [0.15, 0.2) is 0 Å². The lowest BCUT2D eigenvalue weighted by Crippen LogP contribution is -2.41. The van der Waals surface area contributed by atoms with Crippen molar-refractivity contribution >= 4 is 0 Å². The van der Waals surface area contributed by atoms with Crippen LogP contribution in [0.3, 0.4) is 0 Å². The second-order valence-corrected chi connectivity index (χ2v) is 4.38. The zero-order chi connectivity index (χ0) is 11.1. The lowest BCUT2D eigenvalue weighted by atomic mass is 10.2. The van der Waals surface area contributed by atoms with Crippen molar-refractivity contribution in [1.82, 2.24) is 9.80 Å². The van der Waals surface area contributed by atoms with E-state index < -0.39 is 0 Å². The van der Waals surface area contributed by atoms with Crippen LogP contribution in [0.4, 0.5) is 0 Å². The summed E-state index contributed by atoms with van der Waals surface area (Å²) in [6.07, 6.45) is 0.682. The molecule has 0 heterocycles. The van der Waals surface area contributed by atoms with Crippen LogP contribution < -0.4 is 0 Å². The molecule has 0 aliphatic heterocycles. The van der Waals surface area contributed by atoms with E-state index in [-0.39, 0.29) is 6.10 Å². The number of aliphatic hydroxyl groups excluding tert-OH is 1. The molecule has 0 aromatic carbocycles.